The Morgan fingerprint density at radius 1 is 0.765 bits per heavy atom. The van der Waals surface area contributed by atoms with E-state index in [1.165, 1.54) is 12.1 Å². The number of hydrogen-bond donors (Lipinski definition) is 2. The quantitative estimate of drug-likeness (QED) is 0.585. The number of hydrogen-bond acceptors (Lipinski definition) is 2. The number of nitrogen functional groups attached to an aromatic ring is 2. The lowest BCUT2D eigenvalue weighted by Gasteiger charge is -2.04. The summed E-state index contributed by atoms with van der Waals surface area (Å²) in [7, 11) is 0. The number of benzene rings is 2. The molecule has 1 aliphatic rings. The molecule has 3 rings (SSSR count). The first kappa shape index (κ1) is 10.1. The molecule has 1 aliphatic carbocycles. The molecule has 4 heteroatoms. The molecule has 0 bridgehead atoms. The SMILES string of the molecule is Nc1cc2c(cc1F)-c1cc(F)c(N)cc1C2. The molecule has 0 fully saturated rings. The van der Waals surface area contributed by atoms with E-state index < -0.39 is 11.6 Å². The highest BCUT2D eigenvalue weighted by molar-refractivity contribution is 5.80. The molecular weight excluding hydrogens is 222 g/mol. The van der Waals surface area contributed by atoms with Crippen LogP contribution in [0.1, 0.15) is 11.1 Å². The second-order valence-corrected chi connectivity index (χ2v) is 4.24. The molecule has 2 nitrogen and oxygen atoms in total. The third kappa shape index (κ3) is 1.37. The van der Waals surface area contributed by atoms with Gasteiger partial charge in [-0.2, -0.15) is 0 Å². The molecule has 0 aliphatic heterocycles. The van der Waals surface area contributed by atoms with Crippen LogP contribution in [0.2, 0.25) is 0 Å². The first-order valence-electron chi connectivity index (χ1n) is 5.22. The molecule has 0 heterocycles. The molecular formula is C13H10F2N2. The molecule has 0 unspecified atom stereocenters. The predicted molar refractivity (Wildman–Crippen MR) is 63.4 cm³/mol. The van der Waals surface area contributed by atoms with Gasteiger partial charge in [-0.3, -0.25) is 0 Å². The molecule has 86 valence electrons. The number of halogens is 2. The van der Waals surface area contributed by atoms with E-state index >= 15 is 0 Å². The van der Waals surface area contributed by atoms with Gasteiger partial charge in [-0.15, -0.1) is 0 Å². The lowest BCUT2D eigenvalue weighted by atomic mass is 10.0. The van der Waals surface area contributed by atoms with Crippen LogP contribution in [0.4, 0.5) is 20.2 Å². The Morgan fingerprint density at radius 3 is 1.59 bits per heavy atom. The summed E-state index contributed by atoms with van der Waals surface area (Å²) in [6, 6.07) is 5.90. The van der Waals surface area contributed by atoms with Crippen molar-refractivity contribution in [1.82, 2.24) is 0 Å². The van der Waals surface area contributed by atoms with E-state index in [9.17, 15) is 8.78 Å². The molecule has 0 saturated heterocycles. The van der Waals surface area contributed by atoms with Gasteiger partial charge in [-0.05, 0) is 52.9 Å². The van der Waals surface area contributed by atoms with Crippen molar-refractivity contribution >= 4 is 11.4 Å². The van der Waals surface area contributed by atoms with Crippen LogP contribution in [0.25, 0.3) is 11.1 Å². The highest BCUT2D eigenvalue weighted by Gasteiger charge is 2.21. The normalized spacial score (nSPS) is 12.4. The summed E-state index contributed by atoms with van der Waals surface area (Å²) < 4.78 is 26.8. The minimum absolute atomic E-state index is 0.116. The fourth-order valence-corrected chi connectivity index (χ4v) is 2.27. The van der Waals surface area contributed by atoms with E-state index in [-0.39, 0.29) is 11.4 Å². The van der Waals surface area contributed by atoms with E-state index in [0.717, 1.165) is 11.1 Å². The number of rotatable bonds is 0. The standard InChI is InChI=1S/C13H10F2N2/c14-10-4-8-6(2-12(10)16)1-7-3-13(17)11(15)5-9(7)8/h2-5H,1,16-17H2. The maximum absolute atomic E-state index is 13.4. The maximum Gasteiger partial charge on any atom is 0.146 e. The summed E-state index contributed by atoms with van der Waals surface area (Å²) >= 11 is 0. The van der Waals surface area contributed by atoms with Gasteiger partial charge in [0.25, 0.3) is 0 Å². The summed E-state index contributed by atoms with van der Waals surface area (Å²) in [5.74, 6) is -0.956. The van der Waals surface area contributed by atoms with Gasteiger partial charge in [-0.1, -0.05) is 0 Å². The Morgan fingerprint density at radius 2 is 1.18 bits per heavy atom. The third-order valence-electron chi connectivity index (χ3n) is 3.12. The van der Waals surface area contributed by atoms with Crippen LogP contribution in [-0.2, 0) is 6.42 Å². The van der Waals surface area contributed by atoms with Gasteiger partial charge in [0.05, 0.1) is 11.4 Å². The van der Waals surface area contributed by atoms with E-state index in [4.69, 9.17) is 11.5 Å². The highest BCUT2D eigenvalue weighted by Crippen LogP contribution is 2.39. The van der Waals surface area contributed by atoms with Crippen molar-refractivity contribution in [2.24, 2.45) is 0 Å². The van der Waals surface area contributed by atoms with Crippen molar-refractivity contribution in [2.75, 3.05) is 11.5 Å². The first-order chi connectivity index (χ1) is 8.06. The van der Waals surface area contributed by atoms with Crippen molar-refractivity contribution < 1.29 is 8.78 Å². The fourth-order valence-electron chi connectivity index (χ4n) is 2.27. The molecule has 0 spiro atoms. The Kier molecular flexibility index (Phi) is 1.90. The Bertz CT molecular complexity index is 580. The first-order valence-corrected chi connectivity index (χ1v) is 5.22. The van der Waals surface area contributed by atoms with E-state index in [2.05, 4.69) is 0 Å². The van der Waals surface area contributed by atoms with E-state index in [1.54, 1.807) is 12.1 Å². The van der Waals surface area contributed by atoms with Crippen LogP contribution < -0.4 is 11.5 Å². The molecule has 0 radical (unpaired) electrons. The van der Waals surface area contributed by atoms with Crippen LogP contribution in [-0.4, -0.2) is 0 Å². The summed E-state index contributed by atoms with van der Waals surface area (Å²) in [5.41, 5.74) is 14.5. The second-order valence-electron chi connectivity index (χ2n) is 4.24. The number of fused-ring (bicyclic) bond motifs is 3. The van der Waals surface area contributed by atoms with Gasteiger partial charge < -0.3 is 11.5 Å². The second kappa shape index (κ2) is 3.20. The van der Waals surface area contributed by atoms with Gasteiger partial charge in [0.2, 0.25) is 0 Å². The van der Waals surface area contributed by atoms with E-state index in [1.807, 2.05) is 0 Å². The molecule has 2 aromatic rings. The Labute approximate surface area is 96.9 Å². The molecule has 17 heavy (non-hydrogen) atoms. The van der Waals surface area contributed by atoms with Gasteiger partial charge in [-0.25, -0.2) is 8.78 Å². The maximum atomic E-state index is 13.4. The average Bonchev–Trinajstić information content (AvgIpc) is 2.58. The van der Waals surface area contributed by atoms with Crippen LogP contribution in [0.5, 0.6) is 0 Å². The Balaban J connectivity index is 2.27. The van der Waals surface area contributed by atoms with Crippen molar-refractivity contribution in [3.8, 4) is 11.1 Å². The van der Waals surface area contributed by atoms with Gasteiger partial charge in [0.1, 0.15) is 11.6 Å². The molecule has 0 saturated carbocycles. The summed E-state index contributed by atoms with van der Waals surface area (Å²) in [4.78, 5) is 0. The monoisotopic (exact) mass is 232 g/mol. The van der Waals surface area contributed by atoms with E-state index in [0.29, 0.717) is 17.5 Å². The van der Waals surface area contributed by atoms with Crippen molar-refractivity contribution in [3.63, 3.8) is 0 Å². The van der Waals surface area contributed by atoms with Crippen LogP contribution in [0, 0.1) is 11.6 Å². The summed E-state index contributed by atoms with van der Waals surface area (Å²) in [6.45, 7) is 0. The third-order valence-corrected chi connectivity index (χ3v) is 3.12. The Hall–Kier alpha value is -2.10. The topological polar surface area (TPSA) is 52.0 Å². The van der Waals surface area contributed by atoms with Gasteiger partial charge in [0.15, 0.2) is 0 Å². The van der Waals surface area contributed by atoms with Crippen molar-refractivity contribution in [3.05, 3.63) is 47.0 Å². The largest absolute Gasteiger partial charge is 0.396 e. The number of anilines is 2. The van der Waals surface area contributed by atoms with Crippen molar-refractivity contribution in [2.45, 2.75) is 6.42 Å². The minimum atomic E-state index is -0.478. The molecule has 0 amide bonds. The number of nitrogens with two attached hydrogens (primary N) is 2. The van der Waals surface area contributed by atoms with Gasteiger partial charge >= 0.3 is 0 Å². The average molecular weight is 232 g/mol. The van der Waals surface area contributed by atoms with Crippen molar-refractivity contribution in [1.29, 1.82) is 0 Å². The van der Waals surface area contributed by atoms with Crippen LogP contribution in [0.3, 0.4) is 0 Å². The zero-order valence-electron chi connectivity index (χ0n) is 8.93. The summed E-state index contributed by atoms with van der Waals surface area (Å²) in [5, 5.41) is 0. The smallest absolute Gasteiger partial charge is 0.146 e. The van der Waals surface area contributed by atoms with Crippen LogP contribution in [0.15, 0.2) is 24.3 Å². The molecule has 4 N–H and O–H groups in total. The molecule has 2 aromatic carbocycles. The minimum Gasteiger partial charge on any atom is -0.396 e. The summed E-state index contributed by atoms with van der Waals surface area (Å²) in [6.07, 6.45) is 0.611. The highest BCUT2D eigenvalue weighted by atomic mass is 19.1. The zero-order chi connectivity index (χ0) is 12.2. The lowest BCUT2D eigenvalue weighted by Crippen LogP contribution is -1.93. The molecule has 0 aromatic heterocycles. The zero-order valence-corrected chi connectivity index (χ0v) is 8.93. The fraction of sp³-hybridized carbons (Fsp3) is 0.0769. The lowest BCUT2D eigenvalue weighted by molar-refractivity contribution is 0.631. The molecule has 0 atom stereocenters. The predicted octanol–water partition coefficient (Wildman–Crippen LogP) is 2.70. The van der Waals surface area contributed by atoms with Gasteiger partial charge in [0, 0.05) is 0 Å². The van der Waals surface area contributed by atoms with Crippen LogP contribution >= 0.6 is 0 Å².